The number of hydrogen-bond donors (Lipinski definition) is 2. The summed E-state index contributed by atoms with van der Waals surface area (Å²) >= 11 is 0. The Morgan fingerprint density at radius 1 is 1.08 bits per heavy atom. The average Bonchev–Trinajstić information content (AvgIpc) is 2.62. The van der Waals surface area contributed by atoms with Gasteiger partial charge in [-0.05, 0) is 55.7 Å². The van der Waals surface area contributed by atoms with Gasteiger partial charge in [0.2, 0.25) is 0 Å². The van der Waals surface area contributed by atoms with Gasteiger partial charge in [0.1, 0.15) is 5.82 Å². The molecule has 1 aliphatic rings. The number of amides is 1. The topological polar surface area (TPSA) is 92.5 Å². The summed E-state index contributed by atoms with van der Waals surface area (Å²) in [7, 11) is -4.04. The molecular weight excluding hydrogens is 357 g/mol. The lowest BCUT2D eigenvalue weighted by atomic mass is 10.1. The van der Waals surface area contributed by atoms with Crippen molar-refractivity contribution >= 4 is 27.3 Å². The van der Waals surface area contributed by atoms with Gasteiger partial charge in [-0.25, -0.2) is 12.8 Å². The molecule has 3 rings (SSSR count). The second-order valence-electron chi connectivity index (χ2n) is 6.20. The number of carbonyl (C=O) groups is 1. The third kappa shape index (κ3) is 3.96. The van der Waals surface area contributed by atoms with Crippen molar-refractivity contribution < 1.29 is 17.6 Å². The number of anilines is 2. The van der Waals surface area contributed by atoms with E-state index in [1.807, 2.05) is 0 Å². The van der Waals surface area contributed by atoms with Gasteiger partial charge in [0.25, 0.3) is 15.9 Å². The molecule has 0 atom stereocenters. The van der Waals surface area contributed by atoms with Crippen LogP contribution in [0.2, 0.25) is 0 Å². The smallest absolute Gasteiger partial charge is 0.262 e. The molecule has 2 aromatic carbocycles. The minimum absolute atomic E-state index is 0.0718. The molecule has 3 N–H and O–H groups in total. The maximum absolute atomic E-state index is 13.3. The van der Waals surface area contributed by atoms with E-state index in [1.54, 1.807) is 12.1 Å². The Balaban J connectivity index is 1.93. The predicted octanol–water partition coefficient (Wildman–Crippen LogP) is 2.72. The van der Waals surface area contributed by atoms with Crippen molar-refractivity contribution in [3.05, 3.63) is 53.8 Å². The molecule has 0 spiro atoms. The van der Waals surface area contributed by atoms with Gasteiger partial charge in [-0.2, -0.15) is 0 Å². The molecule has 138 valence electrons. The molecule has 1 heterocycles. The van der Waals surface area contributed by atoms with Crippen molar-refractivity contribution in [2.24, 2.45) is 5.73 Å². The van der Waals surface area contributed by atoms with Crippen LogP contribution in [0.15, 0.2) is 47.4 Å². The molecular formula is C18H20FN3O3S. The van der Waals surface area contributed by atoms with Crippen molar-refractivity contribution in [2.45, 2.75) is 24.2 Å². The number of hydrogen-bond acceptors (Lipinski definition) is 4. The first-order valence-corrected chi connectivity index (χ1v) is 9.82. The number of sulfonamides is 1. The van der Waals surface area contributed by atoms with Crippen molar-refractivity contribution in [2.75, 3.05) is 22.7 Å². The quantitative estimate of drug-likeness (QED) is 0.838. The van der Waals surface area contributed by atoms with E-state index in [0.717, 1.165) is 43.8 Å². The van der Waals surface area contributed by atoms with Gasteiger partial charge in [-0.1, -0.05) is 6.07 Å². The Morgan fingerprint density at radius 3 is 2.46 bits per heavy atom. The summed E-state index contributed by atoms with van der Waals surface area (Å²) in [6.07, 6.45) is 3.31. The summed E-state index contributed by atoms with van der Waals surface area (Å²) in [6.45, 7) is 1.76. The van der Waals surface area contributed by atoms with E-state index in [-0.39, 0.29) is 16.1 Å². The first-order valence-electron chi connectivity index (χ1n) is 8.34. The number of piperidine rings is 1. The highest BCUT2D eigenvalue weighted by atomic mass is 32.2. The molecule has 0 radical (unpaired) electrons. The second-order valence-corrected chi connectivity index (χ2v) is 7.89. The van der Waals surface area contributed by atoms with E-state index in [4.69, 9.17) is 5.73 Å². The Labute approximate surface area is 151 Å². The van der Waals surface area contributed by atoms with Crippen LogP contribution >= 0.6 is 0 Å². The van der Waals surface area contributed by atoms with E-state index < -0.39 is 21.7 Å². The lowest BCUT2D eigenvalue weighted by Crippen LogP contribution is -2.29. The number of rotatable bonds is 5. The summed E-state index contributed by atoms with van der Waals surface area (Å²) in [4.78, 5) is 13.8. The van der Waals surface area contributed by atoms with E-state index in [1.165, 1.54) is 24.6 Å². The molecule has 0 aromatic heterocycles. The number of nitrogens with one attached hydrogen (secondary N) is 1. The zero-order valence-corrected chi connectivity index (χ0v) is 14.9. The van der Waals surface area contributed by atoms with Gasteiger partial charge in [0.05, 0.1) is 16.1 Å². The number of halogens is 1. The lowest BCUT2D eigenvalue weighted by molar-refractivity contribution is 0.100. The highest BCUT2D eigenvalue weighted by Crippen LogP contribution is 2.27. The third-order valence-electron chi connectivity index (χ3n) is 4.34. The molecule has 0 saturated carbocycles. The first-order chi connectivity index (χ1) is 12.4. The molecule has 0 aliphatic carbocycles. The molecule has 0 unspecified atom stereocenters. The number of benzene rings is 2. The van der Waals surface area contributed by atoms with Crippen LogP contribution in [0.25, 0.3) is 0 Å². The van der Waals surface area contributed by atoms with E-state index in [0.29, 0.717) is 0 Å². The largest absolute Gasteiger partial charge is 0.372 e. The standard InChI is InChI=1S/C18H20FN3O3S/c19-13-5-4-6-15(11-13)26(24,25)21-17-8-7-14(12-16(17)18(20)23)22-9-2-1-3-10-22/h4-8,11-12,21H,1-3,9-10H2,(H2,20,23). The summed E-state index contributed by atoms with van der Waals surface area (Å²) in [6, 6.07) is 9.50. The Kier molecular flexibility index (Phi) is 5.13. The SMILES string of the molecule is NC(=O)c1cc(N2CCCCC2)ccc1NS(=O)(=O)c1cccc(F)c1. The molecule has 1 fully saturated rings. The van der Waals surface area contributed by atoms with Crippen LogP contribution in [0.1, 0.15) is 29.6 Å². The normalized spacial score (nSPS) is 14.9. The highest BCUT2D eigenvalue weighted by molar-refractivity contribution is 7.92. The zero-order chi connectivity index (χ0) is 18.7. The Hall–Kier alpha value is -2.61. The van der Waals surface area contributed by atoms with Crippen molar-refractivity contribution in [3.8, 4) is 0 Å². The van der Waals surface area contributed by atoms with Crippen LogP contribution in [0.3, 0.4) is 0 Å². The second kappa shape index (κ2) is 7.33. The van der Waals surface area contributed by atoms with Crippen LogP contribution in [0.5, 0.6) is 0 Å². The Morgan fingerprint density at radius 2 is 1.81 bits per heavy atom. The van der Waals surface area contributed by atoms with Gasteiger partial charge in [0, 0.05) is 18.8 Å². The minimum atomic E-state index is -4.04. The summed E-state index contributed by atoms with van der Waals surface area (Å²) in [5, 5.41) is 0. The van der Waals surface area contributed by atoms with Gasteiger partial charge in [-0.15, -0.1) is 0 Å². The van der Waals surface area contributed by atoms with Crippen LogP contribution in [0, 0.1) is 5.82 Å². The fourth-order valence-electron chi connectivity index (χ4n) is 3.01. The third-order valence-corrected chi connectivity index (χ3v) is 5.70. The number of carbonyl (C=O) groups excluding carboxylic acids is 1. The fourth-order valence-corrected chi connectivity index (χ4v) is 4.12. The van der Waals surface area contributed by atoms with Crippen molar-refractivity contribution in [3.63, 3.8) is 0 Å². The number of nitrogens with two attached hydrogens (primary N) is 1. The van der Waals surface area contributed by atoms with Crippen molar-refractivity contribution in [1.82, 2.24) is 0 Å². The summed E-state index contributed by atoms with van der Waals surface area (Å²) < 4.78 is 40.6. The fraction of sp³-hybridized carbons (Fsp3) is 0.278. The molecule has 2 aromatic rings. The first kappa shape index (κ1) is 18.2. The molecule has 1 aliphatic heterocycles. The van der Waals surface area contributed by atoms with Gasteiger partial charge in [-0.3, -0.25) is 9.52 Å². The van der Waals surface area contributed by atoms with E-state index in [9.17, 15) is 17.6 Å². The molecule has 26 heavy (non-hydrogen) atoms. The molecule has 1 amide bonds. The van der Waals surface area contributed by atoms with Crippen LogP contribution in [-0.4, -0.2) is 27.4 Å². The molecule has 6 nitrogen and oxygen atoms in total. The molecule has 0 bridgehead atoms. The Bertz CT molecular complexity index is 925. The van der Waals surface area contributed by atoms with Crippen LogP contribution < -0.4 is 15.4 Å². The highest BCUT2D eigenvalue weighted by Gasteiger charge is 2.20. The maximum Gasteiger partial charge on any atom is 0.262 e. The van der Waals surface area contributed by atoms with Crippen LogP contribution in [-0.2, 0) is 10.0 Å². The van der Waals surface area contributed by atoms with Gasteiger partial charge < -0.3 is 10.6 Å². The summed E-state index contributed by atoms with van der Waals surface area (Å²) in [5.74, 6) is -1.40. The predicted molar refractivity (Wildman–Crippen MR) is 98.2 cm³/mol. The van der Waals surface area contributed by atoms with Gasteiger partial charge in [0.15, 0.2) is 0 Å². The number of primary amides is 1. The van der Waals surface area contributed by atoms with Crippen LogP contribution in [0.4, 0.5) is 15.8 Å². The minimum Gasteiger partial charge on any atom is -0.372 e. The zero-order valence-electron chi connectivity index (χ0n) is 14.1. The number of nitrogens with zero attached hydrogens (tertiary/aromatic N) is 1. The van der Waals surface area contributed by atoms with E-state index >= 15 is 0 Å². The lowest BCUT2D eigenvalue weighted by Gasteiger charge is -2.29. The average molecular weight is 377 g/mol. The van der Waals surface area contributed by atoms with Crippen molar-refractivity contribution in [1.29, 1.82) is 0 Å². The monoisotopic (exact) mass is 377 g/mol. The maximum atomic E-state index is 13.3. The molecule has 8 heteroatoms. The van der Waals surface area contributed by atoms with Gasteiger partial charge >= 0.3 is 0 Å². The summed E-state index contributed by atoms with van der Waals surface area (Å²) in [5.41, 5.74) is 6.42. The molecule has 1 saturated heterocycles. The van der Waals surface area contributed by atoms with E-state index in [2.05, 4.69) is 9.62 Å².